The lowest BCUT2D eigenvalue weighted by Crippen LogP contribution is -2.48. The maximum absolute atomic E-state index is 13.2. The predicted molar refractivity (Wildman–Crippen MR) is 101 cm³/mol. The minimum atomic E-state index is -0.192. The molecule has 5 nitrogen and oxygen atoms in total. The molecule has 140 valence electrons. The van der Waals surface area contributed by atoms with Crippen LogP contribution in [-0.2, 0) is 12.0 Å². The molecule has 6 heteroatoms. The Labute approximate surface area is 154 Å². The SMILES string of the molecule is CCNC(=NCc1nc(C)c(C)o1)NCC1(c2ccc(F)cc2)CCC1. The van der Waals surface area contributed by atoms with Crippen molar-refractivity contribution in [3.8, 4) is 0 Å². The zero-order valence-corrected chi connectivity index (χ0v) is 15.7. The van der Waals surface area contributed by atoms with Gasteiger partial charge in [0.25, 0.3) is 0 Å². The van der Waals surface area contributed by atoms with Gasteiger partial charge in [-0.2, -0.15) is 0 Å². The summed E-state index contributed by atoms with van der Waals surface area (Å²) in [4.78, 5) is 8.96. The summed E-state index contributed by atoms with van der Waals surface area (Å²) in [5.74, 6) is 2.00. The molecule has 0 bridgehead atoms. The number of rotatable bonds is 6. The monoisotopic (exact) mass is 358 g/mol. The molecule has 0 atom stereocenters. The van der Waals surface area contributed by atoms with E-state index in [0.717, 1.165) is 43.3 Å². The minimum absolute atomic E-state index is 0.0556. The Bertz CT molecular complexity index is 743. The lowest BCUT2D eigenvalue weighted by Gasteiger charge is -2.43. The van der Waals surface area contributed by atoms with Gasteiger partial charge in [-0.05, 0) is 51.3 Å². The van der Waals surface area contributed by atoms with Crippen molar-refractivity contribution in [2.45, 2.75) is 52.0 Å². The molecule has 1 fully saturated rings. The number of halogens is 1. The number of nitrogens with zero attached hydrogens (tertiary/aromatic N) is 2. The van der Waals surface area contributed by atoms with Crippen molar-refractivity contribution >= 4 is 5.96 Å². The van der Waals surface area contributed by atoms with Gasteiger partial charge in [-0.15, -0.1) is 0 Å². The molecule has 0 saturated heterocycles. The molecule has 0 spiro atoms. The first-order chi connectivity index (χ1) is 12.5. The van der Waals surface area contributed by atoms with E-state index in [1.54, 1.807) is 12.1 Å². The molecule has 1 heterocycles. The van der Waals surface area contributed by atoms with Gasteiger partial charge in [0.15, 0.2) is 5.96 Å². The summed E-state index contributed by atoms with van der Waals surface area (Å²) < 4.78 is 18.8. The first kappa shape index (κ1) is 18.4. The standard InChI is InChI=1S/C20H27FN4O/c1-4-22-19(23-12-18-25-14(2)15(3)26-18)24-13-20(10-5-11-20)16-6-8-17(21)9-7-16/h6-9H,4-5,10-13H2,1-3H3,(H2,22,23,24). The number of aryl methyl sites for hydroxylation is 2. The highest BCUT2D eigenvalue weighted by Gasteiger charge is 2.38. The van der Waals surface area contributed by atoms with E-state index in [0.29, 0.717) is 12.4 Å². The summed E-state index contributed by atoms with van der Waals surface area (Å²) >= 11 is 0. The van der Waals surface area contributed by atoms with Gasteiger partial charge in [0, 0.05) is 18.5 Å². The van der Waals surface area contributed by atoms with Crippen molar-refractivity contribution in [2.24, 2.45) is 4.99 Å². The third kappa shape index (κ3) is 4.06. The Morgan fingerprint density at radius 1 is 1.23 bits per heavy atom. The zero-order valence-electron chi connectivity index (χ0n) is 15.7. The highest BCUT2D eigenvalue weighted by Crippen LogP contribution is 2.43. The highest BCUT2D eigenvalue weighted by atomic mass is 19.1. The summed E-state index contributed by atoms with van der Waals surface area (Å²) in [6, 6.07) is 6.89. The van der Waals surface area contributed by atoms with E-state index in [9.17, 15) is 4.39 Å². The number of oxazole rings is 1. The van der Waals surface area contributed by atoms with Crippen LogP contribution < -0.4 is 10.6 Å². The Balaban J connectivity index is 1.67. The van der Waals surface area contributed by atoms with Crippen molar-refractivity contribution in [1.82, 2.24) is 15.6 Å². The van der Waals surface area contributed by atoms with Gasteiger partial charge < -0.3 is 15.1 Å². The molecule has 2 N–H and O–H groups in total. The van der Waals surface area contributed by atoms with Crippen LogP contribution in [0.15, 0.2) is 33.7 Å². The second kappa shape index (κ2) is 7.89. The minimum Gasteiger partial charge on any atom is -0.444 e. The molecule has 1 aromatic carbocycles. The third-order valence-electron chi connectivity index (χ3n) is 5.15. The molecular weight excluding hydrogens is 331 g/mol. The van der Waals surface area contributed by atoms with Gasteiger partial charge in [-0.3, -0.25) is 0 Å². The number of guanidine groups is 1. The van der Waals surface area contributed by atoms with E-state index in [-0.39, 0.29) is 11.2 Å². The largest absolute Gasteiger partial charge is 0.444 e. The lowest BCUT2D eigenvalue weighted by atomic mass is 9.64. The lowest BCUT2D eigenvalue weighted by molar-refractivity contribution is 0.243. The number of hydrogen-bond donors (Lipinski definition) is 2. The number of hydrogen-bond acceptors (Lipinski definition) is 3. The normalized spacial score (nSPS) is 16.2. The molecular formula is C20H27FN4O. The molecule has 1 aromatic heterocycles. The Kier molecular flexibility index (Phi) is 5.59. The fraction of sp³-hybridized carbons (Fsp3) is 0.500. The van der Waals surface area contributed by atoms with Gasteiger partial charge in [0.05, 0.1) is 5.69 Å². The molecule has 2 aromatic rings. The summed E-state index contributed by atoms with van der Waals surface area (Å²) in [5, 5.41) is 6.71. The highest BCUT2D eigenvalue weighted by molar-refractivity contribution is 5.79. The van der Waals surface area contributed by atoms with E-state index >= 15 is 0 Å². The average molecular weight is 358 g/mol. The molecule has 0 amide bonds. The smallest absolute Gasteiger partial charge is 0.216 e. The maximum Gasteiger partial charge on any atom is 0.216 e. The summed E-state index contributed by atoms with van der Waals surface area (Å²) in [5.41, 5.74) is 2.14. The second-order valence-electron chi connectivity index (χ2n) is 6.94. The van der Waals surface area contributed by atoms with Crippen LogP contribution in [0.4, 0.5) is 4.39 Å². The fourth-order valence-corrected chi connectivity index (χ4v) is 3.32. The second-order valence-corrected chi connectivity index (χ2v) is 6.94. The number of aliphatic imine (C=N–C) groups is 1. The number of benzene rings is 1. The van der Waals surface area contributed by atoms with Crippen molar-refractivity contribution in [3.63, 3.8) is 0 Å². The van der Waals surface area contributed by atoms with Crippen LogP contribution in [0, 0.1) is 19.7 Å². The van der Waals surface area contributed by atoms with Crippen LogP contribution in [0.1, 0.15) is 49.1 Å². The van der Waals surface area contributed by atoms with Crippen molar-refractivity contribution < 1.29 is 8.81 Å². The molecule has 0 aliphatic heterocycles. The van der Waals surface area contributed by atoms with Gasteiger partial charge in [-0.25, -0.2) is 14.4 Å². The molecule has 1 aliphatic rings. The van der Waals surface area contributed by atoms with E-state index < -0.39 is 0 Å². The van der Waals surface area contributed by atoms with E-state index in [2.05, 4.69) is 20.6 Å². The molecule has 1 aliphatic carbocycles. The van der Waals surface area contributed by atoms with Crippen molar-refractivity contribution in [2.75, 3.05) is 13.1 Å². The number of nitrogens with one attached hydrogen (secondary N) is 2. The van der Waals surface area contributed by atoms with Gasteiger partial charge in [0.2, 0.25) is 5.89 Å². The van der Waals surface area contributed by atoms with Gasteiger partial charge >= 0.3 is 0 Å². The van der Waals surface area contributed by atoms with Crippen LogP contribution in [0.3, 0.4) is 0 Å². The Morgan fingerprint density at radius 3 is 2.50 bits per heavy atom. The van der Waals surface area contributed by atoms with Crippen LogP contribution in [0.5, 0.6) is 0 Å². The first-order valence-corrected chi connectivity index (χ1v) is 9.23. The number of aromatic nitrogens is 1. The summed E-state index contributed by atoms with van der Waals surface area (Å²) in [6.45, 7) is 7.82. The Morgan fingerprint density at radius 2 is 1.96 bits per heavy atom. The summed E-state index contributed by atoms with van der Waals surface area (Å²) in [6.07, 6.45) is 3.40. The topological polar surface area (TPSA) is 62.5 Å². The van der Waals surface area contributed by atoms with Crippen molar-refractivity contribution in [3.05, 3.63) is 53.0 Å². The van der Waals surface area contributed by atoms with Crippen LogP contribution in [0.2, 0.25) is 0 Å². The molecule has 1 saturated carbocycles. The van der Waals surface area contributed by atoms with Crippen LogP contribution in [-0.4, -0.2) is 24.0 Å². The van der Waals surface area contributed by atoms with Crippen LogP contribution >= 0.6 is 0 Å². The summed E-state index contributed by atoms with van der Waals surface area (Å²) in [7, 11) is 0. The fourth-order valence-electron chi connectivity index (χ4n) is 3.32. The molecule has 0 radical (unpaired) electrons. The van der Waals surface area contributed by atoms with Crippen LogP contribution in [0.25, 0.3) is 0 Å². The molecule has 26 heavy (non-hydrogen) atoms. The van der Waals surface area contributed by atoms with E-state index in [1.165, 1.54) is 12.0 Å². The first-order valence-electron chi connectivity index (χ1n) is 9.23. The predicted octanol–water partition coefficient (Wildman–Crippen LogP) is 3.61. The Hall–Kier alpha value is -2.37. The van der Waals surface area contributed by atoms with Crippen molar-refractivity contribution in [1.29, 1.82) is 0 Å². The quantitative estimate of drug-likeness (QED) is 0.612. The zero-order chi connectivity index (χ0) is 18.6. The van der Waals surface area contributed by atoms with Gasteiger partial charge in [-0.1, -0.05) is 18.6 Å². The van der Waals surface area contributed by atoms with E-state index in [4.69, 9.17) is 4.42 Å². The third-order valence-corrected chi connectivity index (χ3v) is 5.15. The average Bonchev–Trinajstić information content (AvgIpc) is 2.91. The van der Waals surface area contributed by atoms with E-state index in [1.807, 2.05) is 32.9 Å². The molecule has 0 unspecified atom stereocenters. The van der Waals surface area contributed by atoms with Gasteiger partial charge in [0.1, 0.15) is 18.1 Å². The maximum atomic E-state index is 13.2. The molecule has 3 rings (SSSR count).